The van der Waals surface area contributed by atoms with E-state index in [1.165, 1.54) is 11.8 Å². The second-order valence-corrected chi connectivity index (χ2v) is 5.45. The first-order valence-corrected chi connectivity index (χ1v) is 7.20. The molecule has 94 valence electrons. The smallest absolute Gasteiger partial charge is 0.230 e. The van der Waals surface area contributed by atoms with Crippen molar-refractivity contribution in [2.75, 3.05) is 5.75 Å². The Kier molecular flexibility index (Phi) is 4.90. The van der Waals surface area contributed by atoms with E-state index in [4.69, 9.17) is 4.42 Å². The molecule has 0 atom stereocenters. The minimum Gasteiger partial charge on any atom is -0.467 e. The van der Waals surface area contributed by atoms with Gasteiger partial charge in [-0.05, 0) is 40.2 Å². The van der Waals surface area contributed by atoms with E-state index in [2.05, 4.69) is 21.2 Å². The molecule has 0 unspecified atom stereocenters. The van der Waals surface area contributed by atoms with E-state index in [1.807, 2.05) is 30.3 Å². The predicted molar refractivity (Wildman–Crippen MR) is 75.4 cm³/mol. The number of thioether (sulfide) groups is 1. The molecule has 1 N–H and O–H groups in total. The molecule has 1 amide bonds. The van der Waals surface area contributed by atoms with Crippen molar-refractivity contribution in [3.8, 4) is 0 Å². The van der Waals surface area contributed by atoms with Crippen molar-refractivity contribution >= 4 is 33.6 Å². The van der Waals surface area contributed by atoms with Gasteiger partial charge in [0.15, 0.2) is 0 Å². The molecule has 1 aromatic carbocycles. The Morgan fingerprint density at radius 3 is 2.83 bits per heavy atom. The highest BCUT2D eigenvalue weighted by Gasteiger charge is 2.05. The zero-order valence-electron chi connectivity index (χ0n) is 9.56. The number of benzene rings is 1. The third kappa shape index (κ3) is 3.92. The van der Waals surface area contributed by atoms with Gasteiger partial charge in [0.25, 0.3) is 0 Å². The molecule has 3 nitrogen and oxygen atoms in total. The molecule has 1 aromatic heterocycles. The van der Waals surface area contributed by atoms with Crippen LogP contribution in [0.2, 0.25) is 0 Å². The Morgan fingerprint density at radius 1 is 1.28 bits per heavy atom. The molecule has 0 aliphatic heterocycles. The lowest BCUT2D eigenvalue weighted by atomic mass is 10.4. The summed E-state index contributed by atoms with van der Waals surface area (Å²) in [7, 11) is 0. The minimum absolute atomic E-state index is 0.00727. The summed E-state index contributed by atoms with van der Waals surface area (Å²) in [5.74, 6) is 1.14. The number of carbonyl (C=O) groups excluding carboxylic acids is 1. The standard InChI is InChI=1S/C13H12BrNO2S/c14-11-5-1-2-6-12(11)18-9-13(16)15-8-10-4-3-7-17-10/h1-7H,8-9H2,(H,15,16). The normalized spacial score (nSPS) is 10.3. The molecule has 2 aromatic rings. The van der Waals surface area contributed by atoms with Gasteiger partial charge in [0.1, 0.15) is 5.76 Å². The summed E-state index contributed by atoms with van der Waals surface area (Å²) in [4.78, 5) is 12.7. The molecule has 0 bridgehead atoms. The fourth-order valence-corrected chi connectivity index (χ4v) is 2.75. The van der Waals surface area contributed by atoms with Gasteiger partial charge in [-0.3, -0.25) is 4.79 Å². The van der Waals surface area contributed by atoms with Crippen LogP contribution in [0.15, 0.2) is 56.4 Å². The molecule has 0 saturated carbocycles. The summed E-state index contributed by atoms with van der Waals surface area (Å²) in [6, 6.07) is 11.5. The molecule has 1 heterocycles. The third-order valence-corrected chi connectivity index (χ3v) is 4.26. The zero-order valence-corrected chi connectivity index (χ0v) is 12.0. The number of nitrogens with one attached hydrogen (secondary N) is 1. The van der Waals surface area contributed by atoms with Crippen LogP contribution in [0.3, 0.4) is 0 Å². The van der Waals surface area contributed by atoms with Gasteiger partial charge >= 0.3 is 0 Å². The number of furan rings is 1. The molecule has 0 aliphatic rings. The van der Waals surface area contributed by atoms with Gasteiger partial charge in [-0.25, -0.2) is 0 Å². The lowest BCUT2D eigenvalue weighted by Crippen LogP contribution is -2.24. The highest BCUT2D eigenvalue weighted by atomic mass is 79.9. The SMILES string of the molecule is O=C(CSc1ccccc1Br)NCc1ccco1. The quantitative estimate of drug-likeness (QED) is 0.856. The number of hydrogen-bond acceptors (Lipinski definition) is 3. The Labute approximate surface area is 118 Å². The van der Waals surface area contributed by atoms with Crippen molar-refractivity contribution in [1.82, 2.24) is 5.32 Å². The first-order chi connectivity index (χ1) is 8.75. The van der Waals surface area contributed by atoms with Crippen molar-refractivity contribution in [3.63, 3.8) is 0 Å². The summed E-state index contributed by atoms with van der Waals surface area (Å²) in [6.07, 6.45) is 1.59. The summed E-state index contributed by atoms with van der Waals surface area (Å²) in [5, 5.41) is 2.81. The van der Waals surface area contributed by atoms with Gasteiger partial charge in [0, 0.05) is 9.37 Å². The molecular formula is C13H12BrNO2S. The number of rotatable bonds is 5. The zero-order chi connectivity index (χ0) is 12.8. The Hall–Kier alpha value is -1.20. The second-order valence-electron chi connectivity index (χ2n) is 3.58. The monoisotopic (exact) mass is 325 g/mol. The van der Waals surface area contributed by atoms with Crippen LogP contribution in [0, 0.1) is 0 Å². The van der Waals surface area contributed by atoms with E-state index < -0.39 is 0 Å². The maximum absolute atomic E-state index is 11.6. The van der Waals surface area contributed by atoms with E-state index in [0.29, 0.717) is 12.3 Å². The van der Waals surface area contributed by atoms with E-state index in [1.54, 1.807) is 12.3 Å². The summed E-state index contributed by atoms with van der Waals surface area (Å²) < 4.78 is 6.14. The lowest BCUT2D eigenvalue weighted by molar-refractivity contribution is -0.118. The first kappa shape index (κ1) is 13.2. The highest BCUT2D eigenvalue weighted by molar-refractivity contribution is 9.10. The first-order valence-electron chi connectivity index (χ1n) is 5.42. The van der Waals surface area contributed by atoms with Crippen LogP contribution in [-0.2, 0) is 11.3 Å². The molecule has 0 radical (unpaired) electrons. The van der Waals surface area contributed by atoms with Crippen LogP contribution in [-0.4, -0.2) is 11.7 Å². The van der Waals surface area contributed by atoms with Crippen molar-refractivity contribution in [2.45, 2.75) is 11.4 Å². The van der Waals surface area contributed by atoms with Crippen LogP contribution in [0.25, 0.3) is 0 Å². The fourth-order valence-electron chi connectivity index (χ4n) is 1.35. The van der Waals surface area contributed by atoms with E-state index in [0.717, 1.165) is 15.1 Å². The molecule has 0 aliphatic carbocycles. The minimum atomic E-state index is -0.00727. The van der Waals surface area contributed by atoms with Gasteiger partial charge in [-0.1, -0.05) is 12.1 Å². The lowest BCUT2D eigenvalue weighted by Gasteiger charge is -2.04. The van der Waals surface area contributed by atoms with Gasteiger partial charge in [-0.15, -0.1) is 11.8 Å². The van der Waals surface area contributed by atoms with Crippen LogP contribution < -0.4 is 5.32 Å². The van der Waals surface area contributed by atoms with Crippen molar-refractivity contribution in [3.05, 3.63) is 52.9 Å². The van der Waals surface area contributed by atoms with Crippen molar-refractivity contribution in [2.24, 2.45) is 0 Å². The van der Waals surface area contributed by atoms with E-state index in [-0.39, 0.29) is 5.91 Å². The molecule has 2 rings (SSSR count). The number of carbonyl (C=O) groups is 1. The molecule has 5 heteroatoms. The number of halogens is 1. The van der Waals surface area contributed by atoms with Gasteiger partial charge in [0.2, 0.25) is 5.91 Å². The summed E-state index contributed by atoms with van der Waals surface area (Å²) in [6.45, 7) is 0.433. The molecule has 0 fully saturated rings. The largest absolute Gasteiger partial charge is 0.467 e. The third-order valence-electron chi connectivity index (χ3n) is 2.24. The average molecular weight is 326 g/mol. The van der Waals surface area contributed by atoms with Gasteiger partial charge in [-0.2, -0.15) is 0 Å². The Balaban J connectivity index is 1.77. The number of hydrogen-bond donors (Lipinski definition) is 1. The second kappa shape index (κ2) is 6.66. The maximum Gasteiger partial charge on any atom is 0.230 e. The Bertz CT molecular complexity index is 513. The van der Waals surface area contributed by atoms with Crippen LogP contribution >= 0.6 is 27.7 Å². The topological polar surface area (TPSA) is 42.2 Å². The summed E-state index contributed by atoms with van der Waals surface area (Å²) >= 11 is 4.95. The van der Waals surface area contributed by atoms with Crippen LogP contribution in [0.4, 0.5) is 0 Å². The molecule has 0 spiro atoms. The van der Waals surface area contributed by atoms with Crippen LogP contribution in [0.5, 0.6) is 0 Å². The van der Waals surface area contributed by atoms with Gasteiger partial charge in [0.05, 0.1) is 18.6 Å². The molecule has 18 heavy (non-hydrogen) atoms. The Morgan fingerprint density at radius 2 is 2.11 bits per heavy atom. The van der Waals surface area contributed by atoms with Gasteiger partial charge < -0.3 is 9.73 Å². The summed E-state index contributed by atoms with van der Waals surface area (Å²) in [5.41, 5.74) is 0. The average Bonchev–Trinajstić information content (AvgIpc) is 2.88. The molecular weight excluding hydrogens is 314 g/mol. The number of amides is 1. The molecule has 0 saturated heterocycles. The maximum atomic E-state index is 11.6. The predicted octanol–water partition coefficient (Wildman–Crippen LogP) is 3.45. The van der Waals surface area contributed by atoms with Crippen LogP contribution in [0.1, 0.15) is 5.76 Å². The highest BCUT2D eigenvalue weighted by Crippen LogP contribution is 2.26. The van der Waals surface area contributed by atoms with E-state index in [9.17, 15) is 4.79 Å². The fraction of sp³-hybridized carbons (Fsp3) is 0.154. The van der Waals surface area contributed by atoms with E-state index >= 15 is 0 Å². The van der Waals surface area contributed by atoms with Crippen molar-refractivity contribution < 1.29 is 9.21 Å². The van der Waals surface area contributed by atoms with Crippen molar-refractivity contribution in [1.29, 1.82) is 0 Å².